The second kappa shape index (κ2) is 3.99. The van der Waals surface area contributed by atoms with Gasteiger partial charge in [0.1, 0.15) is 6.07 Å². The number of benzene rings is 1. The Bertz CT molecular complexity index is 423. The van der Waals surface area contributed by atoms with Crippen LogP contribution >= 0.6 is 11.6 Å². The summed E-state index contributed by atoms with van der Waals surface area (Å²) in [4.78, 5) is 0. The van der Waals surface area contributed by atoms with Gasteiger partial charge in [0.25, 0.3) is 0 Å². The van der Waals surface area contributed by atoms with Gasteiger partial charge >= 0.3 is 6.18 Å². The van der Waals surface area contributed by atoms with Crippen molar-refractivity contribution in [2.24, 2.45) is 0 Å². The molecule has 0 aliphatic rings. The van der Waals surface area contributed by atoms with Crippen molar-refractivity contribution in [1.29, 1.82) is 5.26 Å². The van der Waals surface area contributed by atoms with Crippen LogP contribution in [0.3, 0.4) is 0 Å². The van der Waals surface area contributed by atoms with E-state index in [2.05, 4.69) is 0 Å². The highest BCUT2D eigenvalue weighted by Gasteiger charge is 2.32. The van der Waals surface area contributed by atoms with Crippen molar-refractivity contribution in [2.75, 3.05) is 7.11 Å². The first-order valence-corrected chi connectivity index (χ1v) is 4.12. The number of halogens is 4. The van der Waals surface area contributed by atoms with Gasteiger partial charge in [-0.15, -0.1) is 0 Å². The Hall–Kier alpha value is -1.41. The molecule has 0 saturated carbocycles. The summed E-state index contributed by atoms with van der Waals surface area (Å²) in [5, 5.41) is 8.38. The van der Waals surface area contributed by atoms with Crippen LogP contribution in [0.1, 0.15) is 11.1 Å². The standard InChI is InChI=1S/C9H5ClF3NO/c1-15-8-5(4-14)2-6(3-7(8)10)9(11,12)13/h2-3H,1H3. The number of rotatable bonds is 1. The molecule has 2 nitrogen and oxygen atoms in total. The van der Waals surface area contributed by atoms with Crippen LogP contribution in [0, 0.1) is 11.3 Å². The van der Waals surface area contributed by atoms with Gasteiger partial charge in [0.2, 0.25) is 0 Å². The molecule has 0 spiro atoms. The van der Waals surface area contributed by atoms with Crippen LogP contribution in [0.2, 0.25) is 5.02 Å². The van der Waals surface area contributed by atoms with E-state index in [1.807, 2.05) is 0 Å². The molecule has 0 saturated heterocycles. The number of hydrogen-bond acceptors (Lipinski definition) is 2. The quantitative estimate of drug-likeness (QED) is 0.749. The predicted molar refractivity (Wildman–Crippen MR) is 47.7 cm³/mol. The molecular weight excluding hydrogens is 231 g/mol. The third-order valence-corrected chi connectivity index (χ3v) is 1.98. The van der Waals surface area contributed by atoms with Crippen LogP contribution in [-0.2, 0) is 6.18 Å². The minimum absolute atomic E-state index is 0.0489. The molecule has 0 atom stereocenters. The topological polar surface area (TPSA) is 33.0 Å². The van der Waals surface area contributed by atoms with E-state index in [1.54, 1.807) is 6.07 Å². The van der Waals surface area contributed by atoms with E-state index >= 15 is 0 Å². The molecule has 0 aromatic heterocycles. The first kappa shape index (κ1) is 11.7. The van der Waals surface area contributed by atoms with Gasteiger partial charge < -0.3 is 4.74 Å². The number of hydrogen-bond donors (Lipinski definition) is 0. The van der Waals surface area contributed by atoms with Crippen molar-refractivity contribution in [3.8, 4) is 11.8 Å². The van der Waals surface area contributed by atoms with E-state index in [9.17, 15) is 13.2 Å². The van der Waals surface area contributed by atoms with Crippen LogP contribution in [0.15, 0.2) is 12.1 Å². The van der Waals surface area contributed by atoms with Gasteiger partial charge in [-0.05, 0) is 12.1 Å². The van der Waals surface area contributed by atoms with Crippen LogP contribution in [-0.4, -0.2) is 7.11 Å². The van der Waals surface area contributed by atoms with Crippen molar-refractivity contribution < 1.29 is 17.9 Å². The lowest BCUT2D eigenvalue weighted by molar-refractivity contribution is -0.137. The molecule has 0 amide bonds. The zero-order valence-corrected chi connectivity index (χ0v) is 8.28. The minimum Gasteiger partial charge on any atom is -0.494 e. The second-order valence-electron chi connectivity index (χ2n) is 2.65. The average Bonchev–Trinajstić information content (AvgIpc) is 2.15. The molecule has 0 aliphatic carbocycles. The Morgan fingerprint density at radius 1 is 1.40 bits per heavy atom. The molecule has 6 heteroatoms. The molecule has 1 aromatic rings. The van der Waals surface area contributed by atoms with Gasteiger partial charge in [0, 0.05) is 0 Å². The van der Waals surface area contributed by atoms with Crippen LogP contribution in [0.25, 0.3) is 0 Å². The van der Waals surface area contributed by atoms with E-state index in [4.69, 9.17) is 21.6 Å². The first-order valence-electron chi connectivity index (χ1n) is 3.75. The molecule has 1 rings (SSSR count). The van der Waals surface area contributed by atoms with Crippen molar-refractivity contribution >= 4 is 11.6 Å². The molecule has 0 N–H and O–H groups in total. The van der Waals surface area contributed by atoms with Crippen molar-refractivity contribution in [2.45, 2.75) is 6.18 Å². The molecule has 0 fully saturated rings. The van der Waals surface area contributed by atoms with Gasteiger partial charge in [-0.2, -0.15) is 18.4 Å². The summed E-state index contributed by atoms with van der Waals surface area (Å²) in [6.45, 7) is 0. The fourth-order valence-electron chi connectivity index (χ4n) is 1.05. The summed E-state index contributed by atoms with van der Waals surface area (Å²) in [6, 6.07) is 3.01. The number of ether oxygens (including phenoxy) is 1. The lowest BCUT2D eigenvalue weighted by Crippen LogP contribution is -2.06. The molecule has 0 aliphatic heterocycles. The van der Waals surface area contributed by atoms with E-state index in [1.165, 1.54) is 7.11 Å². The highest BCUT2D eigenvalue weighted by molar-refractivity contribution is 6.32. The van der Waals surface area contributed by atoms with E-state index in [0.29, 0.717) is 6.07 Å². The largest absolute Gasteiger partial charge is 0.494 e. The summed E-state index contributed by atoms with van der Waals surface area (Å²) < 4.78 is 41.6. The highest BCUT2D eigenvalue weighted by atomic mass is 35.5. The minimum atomic E-state index is -4.53. The summed E-state index contributed by atoms with van der Waals surface area (Å²) >= 11 is 5.54. The summed E-state index contributed by atoms with van der Waals surface area (Å²) in [7, 11) is 1.23. The number of nitriles is 1. The van der Waals surface area contributed by atoms with Gasteiger partial charge in [-0.25, -0.2) is 0 Å². The third kappa shape index (κ3) is 2.34. The molecule has 1 aromatic carbocycles. The van der Waals surface area contributed by atoms with Crippen molar-refractivity contribution in [1.82, 2.24) is 0 Å². The van der Waals surface area contributed by atoms with Crippen molar-refractivity contribution in [3.05, 3.63) is 28.3 Å². The lowest BCUT2D eigenvalue weighted by Gasteiger charge is -2.10. The predicted octanol–water partition coefficient (Wildman–Crippen LogP) is 3.24. The van der Waals surface area contributed by atoms with Gasteiger partial charge in [0.15, 0.2) is 5.75 Å². The summed E-state index contributed by atoms with van der Waals surface area (Å²) in [5.74, 6) is -0.0489. The molecule has 15 heavy (non-hydrogen) atoms. The van der Waals surface area contributed by atoms with Crippen LogP contribution < -0.4 is 4.74 Å². The molecule has 80 valence electrons. The molecule has 0 unspecified atom stereocenters. The molecule has 0 bridgehead atoms. The maximum atomic E-state index is 12.3. The maximum absolute atomic E-state index is 12.3. The normalized spacial score (nSPS) is 10.9. The van der Waals surface area contributed by atoms with Crippen molar-refractivity contribution in [3.63, 3.8) is 0 Å². The van der Waals surface area contributed by atoms with E-state index < -0.39 is 11.7 Å². The fraction of sp³-hybridized carbons (Fsp3) is 0.222. The number of alkyl halides is 3. The monoisotopic (exact) mass is 235 g/mol. The third-order valence-electron chi connectivity index (χ3n) is 1.70. The zero-order chi connectivity index (χ0) is 11.6. The Kier molecular flexibility index (Phi) is 3.10. The fourth-order valence-corrected chi connectivity index (χ4v) is 1.34. The van der Waals surface area contributed by atoms with Gasteiger partial charge in [-0.1, -0.05) is 11.6 Å². The Morgan fingerprint density at radius 2 is 2.00 bits per heavy atom. The number of methoxy groups -OCH3 is 1. The molecular formula is C9H5ClF3NO. The van der Waals surface area contributed by atoms with E-state index in [0.717, 1.165) is 6.07 Å². The second-order valence-corrected chi connectivity index (χ2v) is 3.06. The van der Waals surface area contributed by atoms with E-state index in [-0.39, 0.29) is 16.3 Å². The average molecular weight is 236 g/mol. The molecule has 0 heterocycles. The summed E-state index contributed by atoms with van der Waals surface area (Å²) in [5.41, 5.74) is -1.21. The van der Waals surface area contributed by atoms with Crippen LogP contribution in [0.4, 0.5) is 13.2 Å². The lowest BCUT2D eigenvalue weighted by atomic mass is 10.1. The first-order chi connectivity index (χ1) is 6.90. The smallest absolute Gasteiger partial charge is 0.416 e. The Morgan fingerprint density at radius 3 is 2.40 bits per heavy atom. The maximum Gasteiger partial charge on any atom is 0.416 e. The highest BCUT2D eigenvalue weighted by Crippen LogP contribution is 2.36. The molecule has 0 radical (unpaired) electrons. The Labute approximate surface area is 88.8 Å². The van der Waals surface area contributed by atoms with Gasteiger partial charge in [-0.3, -0.25) is 0 Å². The summed E-state index contributed by atoms with van der Waals surface area (Å²) in [6.07, 6.45) is -4.53. The number of nitrogens with zero attached hydrogens (tertiary/aromatic N) is 1. The Balaban J connectivity index is 3.41. The zero-order valence-electron chi connectivity index (χ0n) is 7.52. The van der Waals surface area contributed by atoms with Crippen LogP contribution in [0.5, 0.6) is 5.75 Å². The SMILES string of the molecule is COc1c(Cl)cc(C(F)(F)F)cc1C#N. The van der Waals surface area contributed by atoms with Gasteiger partial charge in [0.05, 0.1) is 23.3 Å².